The second kappa shape index (κ2) is 6.30. The van der Waals surface area contributed by atoms with E-state index in [0.29, 0.717) is 12.1 Å². The summed E-state index contributed by atoms with van der Waals surface area (Å²) in [5.74, 6) is -0.195. The predicted molar refractivity (Wildman–Crippen MR) is 71.0 cm³/mol. The average Bonchev–Trinajstić information content (AvgIpc) is 2.26. The van der Waals surface area contributed by atoms with Gasteiger partial charge in [0, 0.05) is 12.6 Å². The molecule has 1 unspecified atom stereocenters. The maximum Gasteiger partial charge on any atom is 0.123 e. The van der Waals surface area contributed by atoms with E-state index in [9.17, 15) is 4.39 Å². The summed E-state index contributed by atoms with van der Waals surface area (Å²) in [6.07, 6.45) is 3.82. The van der Waals surface area contributed by atoms with Gasteiger partial charge in [0.05, 0.1) is 12.2 Å². The molecule has 0 aliphatic heterocycles. The van der Waals surface area contributed by atoms with Crippen molar-refractivity contribution in [3.05, 3.63) is 35.6 Å². The Kier molecular flexibility index (Phi) is 4.72. The van der Waals surface area contributed by atoms with E-state index in [-0.39, 0.29) is 11.9 Å². The van der Waals surface area contributed by atoms with E-state index >= 15 is 0 Å². The Balaban J connectivity index is 2.02. The molecule has 18 heavy (non-hydrogen) atoms. The predicted octanol–water partition coefficient (Wildman–Crippen LogP) is 3.43. The Morgan fingerprint density at radius 3 is 2.72 bits per heavy atom. The molecule has 0 heterocycles. The zero-order chi connectivity index (χ0) is 13.0. The van der Waals surface area contributed by atoms with Crippen molar-refractivity contribution >= 4 is 0 Å². The number of ether oxygens (including phenoxy) is 1. The first kappa shape index (κ1) is 13.5. The van der Waals surface area contributed by atoms with Crippen LogP contribution in [0.15, 0.2) is 24.3 Å². The molecule has 1 aliphatic rings. The lowest BCUT2D eigenvalue weighted by molar-refractivity contribution is -0.0526. The summed E-state index contributed by atoms with van der Waals surface area (Å²) >= 11 is 0. The van der Waals surface area contributed by atoms with Crippen molar-refractivity contribution in [3.63, 3.8) is 0 Å². The number of rotatable bonds is 6. The van der Waals surface area contributed by atoms with Crippen molar-refractivity contribution in [1.29, 1.82) is 0 Å². The van der Waals surface area contributed by atoms with Crippen molar-refractivity contribution in [3.8, 4) is 0 Å². The minimum Gasteiger partial charge on any atom is -0.369 e. The quantitative estimate of drug-likeness (QED) is 0.836. The topological polar surface area (TPSA) is 21.3 Å². The van der Waals surface area contributed by atoms with Crippen LogP contribution in [0.1, 0.15) is 44.8 Å². The van der Waals surface area contributed by atoms with Crippen LogP contribution in [0.5, 0.6) is 0 Å². The highest BCUT2D eigenvalue weighted by molar-refractivity contribution is 5.19. The average molecular weight is 251 g/mol. The smallest absolute Gasteiger partial charge is 0.123 e. The highest BCUT2D eigenvalue weighted by Crippen LogP contribution is 2.29. The fourth-order valence-corrected chi connectivity index (χ4v) is 2.03. The van der Waals surface area contributed by atoms with Gasteiger partial charge in [-0.3, -0.25) is 0 Å². The summed E-state index contributed by atoms with van der Waals surface area (Å²) in [4.78, 5) is 0. The van der Waals surface area contributed by atoms with Gasteiger partial charge in [0.2, 0.25) is 0 Å². The molecule has 1 aromatic carbocycles. The van der Waals surface area contributed by atoms with Gasteiger partial charge < -0.3 is 10.1 Å². The van der Waals surface area contributed by atoms with Crippen molar-refractivity contribution in [2.24, 2.45) is 0 Å². The largest absolute Gasteiger partial charge is 0.369 e. The van der Waals surface area contributed by atoms with E-state index < -0.39 is 0 Å². The third-order valence-corrected chi connectivity index (χ3v) is 3.34. The van der Waals surface area contributed by atoms with Crippen LogP contribution in [0, 0.1) is 5.82 Å². The van der Waals surface area contributed by atoms with Crippen LogP contribution in [-0.2, 0) is 4.74 Å². The molecule has 100 valence electrons. The Morgan fingerprint density at radius 2 is 2.17 bits per heavy atom. The van der Waals surface area contributed by atoms with E-state index in [1.165, 1.54) is 12.5 Å². The van der Waals surface area contributed by atoms with Crippen molar-refractivity contribution in [1.82, 2.24) is 5.32 Å². The molecular formula is C15H22FNO. The van der Waals surface area contributed by atoms with Gasteiger partial charge in [-0.2, -0.15) is 0 Å². The lowest BCUT2D eigenvalue weighted by Crippen LogP contribution is -2.33. The van der Waals surface area contributed by atoms with Gasteiger partial charge in [0.15, 0.2) is 0 Å². The van der Waals surface area contributed by atoms with E-state index in [1.54, 1.807) is 12.1 Å². The zero-order valence-corrected chi connectivity index (χ0v) is 11.2. The molecule has 2 rings (SSSR count). The highest BCUT2D eigenvalue weighted by Gasteiger charge is 2.23. The SMILES string of the molecule is CC(C)NCC(OC1CCC1)c1cccc(F)c1. The summed E-state index contributed by atoms with van der Waals surface area (Å²) in [6.45, 7) is 4.94. The van der Waals surface area contributed by atoms with Gasteiger partial charge in [-0.25, -0.2) is 4.39 Å². The van der Waals surface area contributed by atoms with Crippen LogP contribution in [-0.4, -0.2) is 18.7 Å². The summed E-state index contributed by atoms with van der Waals surface area (Å²) in [6, 6.07) is 7.14. The maximum absolute atomic E-state index is 13.3. The zero-order valence-electron chi connectivity index (χ0n) is 11.2. The first-order valence-electron chi connectivity index (χ1n) is 6.79. The molecule has 1 fully saturated rings. The summed E-state index contributed by atoms with van der Waals surface area (Å²) in [5.41, 5.74) is 0.926. The number of hydrogen-bond donors (Lipinski definition) is 1. The molecule has 1 saturated carbocycles. The first-order chi connectivity index (χ1) is 8.65. The lowest BCUT2D eigenvalue weighted by Gasteiger charge is -2.31. The van der Waals surface area contributed by atoms with Crippen LogP contribution in [0.4, 0.5) is 4.39 Å². The van der Waals surface area contributed by atoms with E-state index in [4.69, 9.17) is 4.74 Å². The molecular weight excluding hydrogens is 229 g/mol. The van der Waals surface area contributed by atoms with Gasteiger partial charge >= 0.3 is 0 Å². The summed E-state index contributed by atoms with van der Waals surface area (Å²) in [7, 11) is 0. The minimum absolute atomic E-state index is 0.0478. The second-order valence-corrected chi connectivity index (χ2v) is 5.30. The van der Waals surface area contributed by atoms with Gasteiger partial charge in [-0.1, -0.05) is 26.0 Å². The molecule has 0 bridgehead atoms. The molecule has 0 spiro atoms. The van der Waals surface area contributed by atoms with Gasteiger partial charge in [0.1, 0.15) is 5.82 Å². The van der Waals surface area contributed by atoms with Crippen LogP contribution < -0.4 is 5.32 Å². The lowest BCUT2D eigenvalue weighted by atomic mass is 9.95. The molecule has 0 radical (unpaired) electrons. The number of hydrogen-bond acceptors (Lipinski definition) is 2. The fraction of sp³-hybridized carbons (Fsp3) is 0.600. The Hall–Kier alpha value is -0.930. The summed E-state index contributed by atoms with van der Waals surface area (Å²) < 4.78 is 19.3. The molecule has 0 amide bonds. The van der Waals surface area contributed by atoms with Crippen LogP contribution in [0.2, 0.25) is 0 Å². The number of halogens is 1. The molecule has 2 nitrogen and oxygen atoms in total. The molecule has 1 atom stereocenters. The van der Waals surface area contributed by atoms with Gasteiger partial charge in [0.25, 0.3) is 0 Å². The Morgan fingerprint density at radius 1 is 1.39 bits per heavy atom. The molecule has 3 heteroatoms. The molecule has 0 saturated heterocycles. The molecule has 1 aliphatic carbocycles. The van der Waals surface area contributed by atoms with Crippen LogP contribution in [0.25, 0.3) is 0 Å². The molecule has 1 aromatic rings. The van der Waals surface area contributed by atoms with E-state index in [0.717, 1.165) is 24.9 Å². The molecule has 0 aromatic heterocycles. The third kappa shape index (κ3) is 3.79. The second-order valence-electron chi connectivity index (χ2n) is 5.30. The minimum atomic E-state index is -0.195. The fourth-order valence-electron chi connectivity index (χ4n) is 2.03. The van der Waals surface area contributed by atoms with Crippen molar-refractivity contribution in [2.75, 3.05) is 6.54 Å². The maximum atomic E-state index is 13.3. The standard InChI is InChI=1S/C15H22FNO/c1-11(2)17-10-15(18-14-7-4-8-14)12-5-3-6-13(16)9-12/h3,5-6,9,11,14-15,17H,4,7-8,10H2,1-2H3. The van der Waals surface area contributed by atoms with Crippen molar-refractivity contribution in [2.45, 2.75) is 51.4 Å². The number of benzene rings is 1. The third-order valence-electron chi connectivity index (χ3n) is 3.34. The van der Waals surface area contributed by atoms with Crippen molar-refractivity contribution < 1.29 is 9.13 Å². The highest BCUT2D eigenvalue weighted by atomic mass is 19.1. The first-order valence-corrected chi connectivity index (χ1v) is 6.79. The van der Waals surface area contributed by atoms with E-state index in [1.807, 2.05) is 6.07 Å². The normalized spacial score (nSPS) is 17.8. The van der Waals surface area contributed by atoms with Gasteiger partial charge in [-0.15, -0.1) is 0 Å². The van der Waals surface area contributed by atoms with E-state index in [2.05, 4.69) is 19.2 Å². The molecule has 1 N–H and O–H groups in total. The number of nitrogens with one attached hydrogen (secondary N) is 1. The van der Waals surface area contributed by atoms with Crippen LogP contribution in [0.3, 0.4) is 0 Å². The van der Waals surface area contributed by atoms with Crippen LogP contribution >= 0.6 is 0 Å². The summed E-state index contributed by atoms with van der Waals surface area (Å²) in [5, 5.41) is 3.37. The van der Waals surface area contributed by atoms with Gasteiger partial charge in [-0.05, 0) is 37.0 Å². The monoisotopic (exact) mass is 251 g/mol. The Bertz CT molecular complexity index is 377. The Labute approximate surface area is 109 Å².